The Balaban J connectivity index is 1.46. The van der Waals surface area contributed by atoms with Crippen LogP contribution in [0, 0.1) is 25.2 Å². The van der Waals surface area contributed by atoms with Gasteiger partial charge in [-0.2, -0.15) is 5.26 Å². The standard InChI is InChI=1S/C40H51N5O11S/c1-19-12-22-13-24-25(14-41)45-26-15-42-38(47)23(43-39(48)56-40(4,5)6)16-57-37(29-28(26)36-34(53-18-54-36)20(2)33(29)55-21(3)46)31(45)30(44(24)7)27(22)35(32(19)50-9)52-17-51-11-10-49-8/h12,23-26,30-31,37H,10-11,13,15-18H2,1-9H3,(H,42,47)(H,43,48)/t23-,24+,25+,26+,30-,31?,37-/m1/s1. The molecule has 0 spiro atoms. The molecule has 7 rings (SSSR count). The van der Waals surface area contributed by atoms with Crippen molar-refractivity contribution in [2.24, 2.45) is 0 Å². The molecule has 5 heterocycles. The molecule has 0 radical (unpaired) electrons. The van der Waals surface area contributed by atoms with Crippen LogP contribution in [0.2, 0.25) is 0 Å². The smallest absolute Gasteiger partial charge is 0.408 e. The highest BCUT2D eigenvalue weighted by Crippen LogP contribution is 2.64. The molecule has 1 unspecified atom stereocenters. The van der Waals surface area contributed by atoms with Gasteiger partial charge >= 0.3 is 12.1 Å². The first-order valence-corrected chi connectivity index (χ1v) is 20.1. The SMILES string of the molecule is COCCOCOc1c(OC)c(C)cc2c1[C@@H]1C3[C@@H]4SC[C@@H](NC(=O)OC(C)(C)C)C(=O)NC[C@@H](c5c6c(c(C)c(OC(C)=O)c54)OCO6)N3[C@@H](C#N)[C@H](C2)N1C. The third-order valence-electron chi connectivity index (χ3n) is 11.2. The van der Waals surface area contributed by atoms with Gasteiger partial charge in [0.05, 0.1) is 43.7 Å². The van der Waals surface area contributed by atoms with Gasteiger partial charge in [-0.1, -0.05) is 6.07 Å². The van der Waals surface area contributed by atoms with Crippen LogP contribution in [0.25, 0.3) is 0 Å². The van der Waals surface area contributed by atoms with Crippen LogP contribution in [0.4, 0.5) is 4.79 Å². The van der Waals surface area contributed by atoms with Gasteiger partial charge in [-0.05, 0) is 59.2 Å². The van der Waals surface area contributed by atoms with E-state index < -0.39 is 59.0 Å². The van der Waals surface area contributed by atoms with Gasteiger partial charge in [0.25, 0.3) is 0 Å². The van der Waals surface area contributed by atoms with Crippen LogP contribution >= 0.6 is 11.8 Å². The number of amides is 2. The minimum absolute atomic E-state index is 0.0344. The number of carbonyl (C=O) groups excluding carboxylic acids is 3. The van der Waals surface area contributed by atoms with Gasteiger partial charge in [0.2, 0.25) is 12.7 Å². The van der Waals surface area contributed by atoms with Gasteiger partial charge in [-0.3, -0.25) is 19.4 Å². The van der Waals surface area contributed by atoms with Crippen molar-refractivity contribution in [1.82, 2.24) is 20.4 Å². The van der Waals surface area contributed by atoms with E-state index in [9.17, 15) is 19.6 Å². The highest BCUT2D eigenvalue weighted by molar-refractivity contribution is 7.99. The fourth-order valence-corrected chi connectivity index (χ4v) is 10.6. The number of likely N-dealkylation sites (N-methyl/N-ethyl adjacent to an activating group) is 1. The maximum atomic E-state index is 14.0. The van der Waals surface area contributed by atoms with Gasteiger partial charge in [0.15, 0.2) is 29.8 Å². The molecule has 7 atom stereocenters. The number of hydrogen-bond acceptors (Lipinski definition) is 15. The van der Waals surface area contributed by atoms with E-state index in [0.717, 1.165) is 16.7 Å². The number of carbonyl (C=O) groups is 3. The Morgan fingerprint density at radius 2 is 1.84 bits per heavy atom. The Bertz CT molecular complexity index is 1980. The molecule has 2 amide bonds. The van der Waals surface area contributed by atoms with Gasteiger partial charge in [0, 0.05) is 60.7 Å². The van der Waals surface area contributed by atoms with Gasteiger partial charge in [0.1, 0.15) is 23.4 Å². The molecule has 5 aliphatic heterocycles. The van der Waals surface area contributed by atoms with Crippen LogP contribution in [0.15, 0.2) is 6.07 Å². The number of esters is 1. The average molecular weight is 810 g/mol. The maximum Gasteiger partial charge on any atom is 0.408 e. The van der Waals surface area contributed by atoms with E-state index in [1.807, 2.05) is 20.9 Å². The van der Waals surface area contributed by atoms with E-state index in [1.165, 1.54) is 18.7 Å². The largest absolute Gasteiger partial charge is 0.493 e. The number of hydrogen-bond donors (Lipinski definition) is 2. The van der Waals surface area contributed by atoms with E-state index in [0.29, 0.717) is 65.1 Å². The molecule has 5 aliphatic rings. The summed E-state index contributed by atoms with van der Waals surface area (Å²) < 4.78 is 47.4. The minimum Gasteiger partial charge on any atom is -0.493 e. The second-order valence-electron chi connectivity index (χ2n) is 15.8. The Hall–Kier alpha value is -4.47. The Kier molecular flexibility index (Phi) is 11.5. The van der Waals surface area contributed by atoms with Crippen molar-refractivity contribution in [3.63, 3.8) is 0 Å². The van der Waals surface area contributed by atoms with Crippen LogP contribution in [0.1, 0.15) is 78.4 Å². The molecule has 57 heavy (non-hydrogen) atoms. The van der Waals surface area contributed by atoms with Gasteiger partial charge < -0.3 is 48.5 Å². The molecular weight excluding hydrogens is 759 g/mol. The fraction of sp³-hybridized carbons (Fsp3) is 0.600. The predicted molar refractivity (Wildman–Crippen MR) is 207 cm³/mol. The predicted octanol–water partition coefficient (Wildman–Crippen LogP) is 3.99. The van der Waals surface area contributed by atoms with E-state index in [4.69, 9.17) is 37.9 Å². The lowest BCUT2D eigenvalue weighted by Crippen LogP contribution is -2.70. The number of rotatable bonds is 9. The summed E-state index contributed by atoms with van der Waals surface area (Å²) in [6.45, 7) is 11.1. The number of nitriles is 1. The van der Waals surface area contributed by atoms with Crippen LogP contribution in [0.5, 0.6) is 28.7 Å². The summed E-state index contributed by atoms with van der Waals surface area (Å²) in [5.41, 5.74) is 3.98. The molecule has 2 aromatic carbocycles. The average Bonchev–Trinajstić information content (AvgIpc) is 3.63. The lowest BCUT2D eigenvalue weighted by molar-refractivity contribution is -0.132. The summed E-state index contributed by atoms with van der Waals surface area (Å²) in [4.78, 5) is 44.5. The maximum absolute atomic E-state index is 14.0. The molecule has 0 saturated carbocycles. The van der Waals surface area contributed by atoms with Crippen LogP contribution < -0.4 is 34.3 Å². The fourth-order valence-electron chi connectivity index (χ4n) is 9.05. The number of benzene rings is 2. The van der Waals surface area contributed by atoms with Gasteiger partial charge in [-0.25, -0.2) is 4.79 Å². The third kappa shape index (κ3) is 7.31. The van der Waals surface area contributed by atoms with Crippen molar-refractivity contribution in [1.29, 1.82) is 5.26 Å². The summed E-state index contributed by atoms with van der Waals surface area (Å²) in [6.07, 6.45) is -0.193. The number of nitrogens with zero attached hydrogens (tertiary/aromatic N) is 3. The third-order valence-corrected chi connectivity index (χ3v) is 12.6. The molecule has 2 saturated heterocycles. The molecule has 2 N–H and O–H groups in total. The molecule has 16 nitrogen and oxygen atoms in total. The van der Waals surface area contributed by atoms with E-state index in [-0.39, 0.29) is 31.9 Å². The molecule has 0 aliphatic carbocycles. The second kappa shape index (κ2) is 16.1. The molecule has 2 aromatic rings. The lowest BCUT2D eigenvalue weighted by Gasteiger charge is -2.62. The summed E-state index contributed by atoms with van der Waals surface area (Å²) in [7, 11) is 5.23. The minimum atomic E-state index is -0.987. The van der Waals surface area contributed by atoms with Crippen molar-refractivity contribution in [3.05, 3.63) is 39.4 Å². The van der Waals surface area contributed by atoms with Crippen molar-refractivity contribution >= 4 is 29.7 Å². The topological polar surface area (TPSA) is 179 Å². The summed E-state index contributed by atoms with van der Waals surface area (Å²) >= 11 is 1.43. The lowest BCUT2D eigenvalue weighted by atomic mass is 9.71. The van der Waals surface area contributed by atoms with Crippen molar-refractivity contribution < 1.29 is 52.3 Å². The van der Waals surface area contributed by atoms with Crippen LogP contribution in [-0.4, -0.2) is 118 Å². The number of fused-ring (bicyclic) bond motifs is 9. The number of aryl methyl sites for hydroxylation is 1. The van der Waals surface area contributed by atoms with Crippen LogP contribution in [0.3, 0.4) is 0 Å². The number of methoxy groups -OCH3 is 2. The van der Waals surface area contributed by atoms with E-state index in [1.54, 1.807) is 35.0 Å². The molecule has 308 valence electrons. The monoisotopic (exact) mass is 809 g/mol. The zero-order valence-electron chi connectivity index (χ0n) is 33.8. The van der Waals surface area contributed by atoms with Crippen molar-refractivity contribution in [2.75, 3.05) is 60.4 Å². The molecule has 4 bridgehead atoms. The quantitative estimate of drug-likeness (QED) is 0.161. The number of thioether (sulfide) groups is 1. The summed E-state index contributed by atoms with van der Waals surface area (Å²) in [5, 5.41) is 16.5. The number of nitrogens with one attached hydrogen (secondary N) is 2. The van der Waals surface area contributed by atoms with Crippen molar-refractivity contribution in [3.8, 4) is 34.8 Å². The van der Waals surface area contributed by atoms with Crippen LogP contribution in [-0.2, 0) is 30.2 Å². The number of piperazine rings is 1. The second-order valence-corrected chi connectivity index (χ2v) is 17.0. The molecular formula is C40H51N5O11S. The number of alkyl carbamates (subject to hydrolysis) is 1. The Morgan fingerprint density at radius 1 is 1.09 bits per heavy atom. The summed E-state index contributed by atoms with van der Waals surface area (Å²) in [5.74, 6) is 1.56. The zero-order chi connectivity index (χ0) is 40.9. The Morgan fingerprint density at radius 3 is 2.53 bits per heavy atom. The first-order chi connectivity index (χ1) is 27.2. The highest BCUT2D eigenvalue weighted by Gasteiger charge is 2.60. The normalized spacial score (nSPS) is 26.2. The number of ether oxygens (including phenoxy) is 8. The van der Waals surface area contributed by atoms with E-state index in [2.05, 4.69) is 32.6 Å². The van der Waals surface area contributed by atoms with E-state index >= 15 is 0 Å². The van der Waals surface area contributed by atoms with Crippen molar-refractivity contribution in [2.45, 2.75) is 95.1 Å². The summed E-state index contributed by atoms with van der Waals surface area (Å²) in [6, 6.07) is 1.30. The van der Waals surface area contributed by atoms with Gasteiger partial charge in [-0.15, -0.1) is 11.8 Å². The first-order valence-electron chi connectivity index (χ1n) is 19.0. The Labute approximate surface area is 336 Å². The highest BCUT2D eigenvalue weighted by atomic mass is 32.2. The zero-order valence-corrected chi connectivity index (χ0v) is 34.6. The first kappa shape index (κ1) is 40.7. The molecule has 0 aromatic heterocycles. The molecule has 17 heteroatoms. The molecule has 2 fully saturated rings.